The van der Waals surface area contributed by atoms with E-state index in [1.54, 1.807) is 12.1 Å². The lowest BCUT2D eigenvalue weighted by Gasteiger charge is -2.29. The molecule has 0 amide bonds. The first kappa shape index (κ1) is 15.1. The van der Waals surface area contributed by atoms with Crippen molar-refractivity contribution in [2.75, 3.05) is 0 Å². The molecule has 0 fully saturated rings. The van der Waals surface area contributed by atoms with Crippen molar-refractivity contribution in [3.63, 3.8) is 0 Å². The SMILES string of the molecule is CC(C)(C)c1ccc(O)c2c1Cc1c(Br)ccc(O)c1C2=O. The molecule has 0 saturated carbocycles. The predicted molar refractivity (Wildman–Crippen MR) is 88.9 cm³/mol. The molecule has 0 spiro atoms. The van der Waals surface area contributed by atoms with Gasteiger partial charge in [0, 0.05) is 10.9 Å². The molecule has 0 unspecified atom stereocenters. The molecule has 3 rings (SSSR count). The number of carbonyl (C=O) groups excluding carboxylic acids is 1. The molecule has 0 bridgehead atoms. The Hall–Kier alpha value is -1.81. The van der Waals surface area contributed by atoms with E-state index in [4.69, 9.17) is 0 Å². The third-order valence-corrected chi connectivity index (χ3v) is 4.88. The summed E-state index contributed by atoms with van der Waals surface area (Å²) >= 11 is 3.46. The third kappa shape index (κ3) is 2.13. The summed E-state index contributed by atoms with van der Waals surface area (Å²) in [7, 11) is 0. The zero-order valence-corrected chi connectivity index (χ0v) is 14.3. The van der Waals surface area contributed by atoms with Gasteiger partial charge >= 0.3 is 0 Å². The van der Waals surface area contributed by atoms with Gasteiger partial charge in [0.2, 0.25) is 5.78 Å². The van der Waals surface area contributed by atoms with E-state index in [1.807, 2.05) is 6.07 Å². The van der Waals surface area contributed by atoms with Crippen molar-refractivity contribution in [2.45, 2.75) is 32.6 Å². The number of aromatic hydroxyl groups is 2. The van der Waals surface area contributed by atoms with Crippen LogP contribution < -0.4 is 0 Å². The highest BCUT2D eigenvalue weighted by atomic mass is 79.9. The van der Waals surface area contributed by atoms with Crippen LogP contribution in [0.4, 0.5) is 0 Å². The Morgan fingerprint density at radius 1 is 0.955 bits per heavy atom. The van der Waals surface area contributed by atoms with E-state index in [0.717, 1.165) is 21.2 Å². The molecule has 2 aromatic carbocycles. The third-order valence-electron chi connectivity index (χ3n) is 4.14. The molecule has 0 heterocycles. The van der Waals surface area contributed by atoms with E-state index in [-0.39, 0.29) is 28.3 Å². The van der Waals surface area contributed by atoms with Gasteiger partial charge in [0.1, 0.15) is 11.5 Å². The topological polar surface area (TPSA) is 57.5 Å². The molecule has 0 aliphatic heterocycles. The van der Waals surface area contributed by atoms with Crippen LogP contribution in [0.3, 0.4) is 0 Å². The zero-order chi connectivity index (χ0) is 16.2. The van der Waals surface area contributed by atoms with Gasteiger partial charge in [-0.15, -0.1) is 0 Å². The predicted octanol–water partition coefficient (Wildman–Crippen LogP) is 4.29. The molecule has 4 heteroatoms. The van der Waals surface area contributed by atoms with Gasteiger partial charge in [-0.25, -0.2) is 0 Å². The largest absolute Gasteiger partial charge is 0.507 e. The number of rotatable bonds is 0. The Balaban J connectivity index is 2.35. The first-order valence-corrected chi connectivity index (χ1v) is 7.91. The summed E-state index contributed by atoms with van der Waals surface area (Å²) < 4.78 is 0.794. The van der Waals surface area contributed by atoms with Crippen LogP contribution >= 0.6 is 15.9 Å². The van der Waals surface area contributed by atoms with Gasteiger partial charge in [0.15, 0.2) is 0 Å². The standard InChI is InChI=1S/C18H17BrO3/c1-18(2,3)11-4-6-13(20)15-9(11)8-10-12(19)5-7-14(21)16(10)17(15)22/h4-7,20-21H,8H2,1-3H3. The Labute approximate surface area is 137 Å². The van der Waals surface area contributed by atoms with Crippen LogP contribution in [0.15, 0.2) is 28.7 Å². The fourth-order valence-corrected chi connectivity index (χ4v) is 3.58. The van der Waals surface area contributed by atoms with E-state index >= 15 is 0 Å². The number of phenols is 2. The first-order valence-electron chi connectivity index (χ1n) is 7.12. The van der Waals surface area contributed by atoms with Gasteiger partial charge in [0.25, 0.3) is 0 Å². The molecule has 0 aromatic heterocycles. The number of benzene rings is 2. The molecule has 2 aromatic rings. The summed E-state index contributed by atoms with van der Waals surface area (Å²) in [6.45, 7) is 6.24. The van der Waals surface area contributed by atoms with Crippen molar-refractivity contribution >= 4 is 21.7 Å². The molecular weight excluding hydrogens is 344 g/mol. The Morgan fingerprint density at radius 3 is 2.09 bits per heavy atom. The highest BCUT2D eigenvalue weighted by Crippen LogP contribution is 2.43. The smallest absolute Gasteiger partial charge is 0.201 e. The highest BCUT2D eigenvalue weighted by Gasteiger charge is 2.33. The molecule has 22 heavy (non-hydrogen) atoms. The molecular formula is C18H17BrO3. The number of hydrogen-bond acceptors (Lipinski definition) is 3. The molecule has 1 aliphatic carbocycles. The fourth-order valence-electron chi connectivity index (χ4n) is 3.11. The Morgan fingerprint density at radius 2 is 1.50 bits per heavy atom. The van der Waals surface area contributed by atoms with Crippen molar-refractivity contribution in [1.82, 2.24) is 0 Å². The fraction of sp³-hybridized carbons (Fsp3) is 0.278. The van der Waals surface area contributed by atoms with Gasteiger partial charge in [-0.3, -0.25) is 4.79 Å². The van der Waals surface area contributed by atoms with E-state index < -0.39 is 0 Å². The van der Waals surface area contributed by atoms with Crippen molar-refractivity contribution in [3.8, 4) is 11.5 Å². The molecule has 0 atom stereocenters. The normalized spacial score (nSPS) is 13.7. The van der Waals surface area contributed by atoms with Crippen LogP contribution in [-0.4, -0.2) is 16.0 Å². The lowest BCUT2D eigenvalue weighted by molar-refractivity contribution is 0.102. The number of halogens is 1. The number of ketones is 1. The van der Waals surface area contributed by atoms with Crippen LogP contribution in [0.25, 0.3) is 0 Å². The van der Waals surface area contributed by atoms with Crippen molar-refractivity contribution in [1.29, 1.82) is 0 Å². The maximum Gasteiger partial charge on any atom is 0.201 e. The van der Waals surface area contributed by atoms with Crippen molar-refractivity contribution in [3.05, 3.63) is 56.6 Å². The summed E-state index contributed by atoms with van der Waals surface area (Å²) in [5.74, 6) is -0.397. The highest BCUT2D eigenvalue weighted by molar-refractivity contribution is 9.10. The minimum atomic E-state index is -0.321. The molecule has 0 radical (unpaired) electrons. The minimum Gasteiger partial charge on any atom is -0.507 e. The van der Waals surface area contributed by atoms with Crippen LogP contribution in [0, 0.1) is 0 Å². The lowest BCUT2D eigenvalue weighted by Crippen LogP contribution is -2.22. The maximum atomic E-state index is 12.8. The second kappa shape index (κ2) is 4.85. The van der Waals surface area contributed by atoms with E-state index in [2.05, 4.69) is 36.7 Å². The molecule has 3 nitrogen and oxygen atoms in total. The zero-order valence-electron chi connectivity index (χ0n) is 12.7. The van der Waals surface area contributed by atoms with Gasteiger partial charge in [-0.1, -0.05) is 42.8 Å². The van der Waals surface area contributed by atoms with Crippen molar-refractivity contribution in [2.24, 2.45) is 0 Å². The monoisotopic (exact) mass is 360 g/mol. The van der Waals surface area contributed by atoms with Crippen LogP contribution in [0.5, 0.6) is 11.5 Å². The van der Waals surface area contributed by atoms with Crippen LogP contribution in [0.2, 0.25) is 0 Å². The maximum absolute atomic E-state index is 12.8. The quantitative estimate of drug-likeness (QED) is 0.628. The number of hydrogen-bond donors (Lipinski definition) is 2. The summed E-state index contributed by atoms with van der Waals surface area (Å²) in [4.78, 5) is 12.8. The van der Waals surface area contributed by atoms with Gasteiger partial charge in [-0.05, 0) is 40.3 Å². The summed E-state index contributed by atoms with van der Waals surface area (Å²) in [6.07, 6.45) is 0.506. The molecule has 1 aliphatic rings. The second-order valence-electron chi connectivity index (χ2n) is 6.66. The minimum absolute atomic E-state index is 0.0296. The summed E-state index contributed by atoms with van der Waals surface area (Å²) in [5, 5.41) is 20.3. The number of carbonyl (C=O) groups is 1. The lowest BCUT2D eigenvalue weighted by atomic mass is 9.75. The molecule has 2 N–H and O–H groups in total. The van der Waals surface area contributed by atoms with E-state index in [0.29, 0.717) is 12.0 Å². The average molecular weight is 361 g/mol. The number of phenolic OH excluding ortho intramolecular Hbond substituents is 2. The van der Waals surface area contributed by atoms with E-state index in [9.17, 15) is 15.0 Å². The Bertz CT molecular complexity index is 801. The van der Waals surface area contributed by atoms with Crippen molar-refractivity contribution < 1.29 is 15.0 Å². The summed E-state index contributed by atoms with van der Waals surface area (Å²) in [6, 6.07) is 6.68. The Kier molecular flexibility index (Phi) is 3.33. The van der Waals surface area contributed by atoms with Crippen LogP contribution in [-0.2, 0) is 11.8 Å². The second-order valence-corrected chi connectivity index (χ2v) is 7.52. The molecule has 114 valence electrons. The number of fused-ring (bicyclic) bond motifs is 2. The van der Waals surface area contributed by atoms with Gasteiger partial charge < -0.3 is 10.2 Å². The summed E-state index contributed by atoms with van der Waals surface area (Å²) in [5.41, 5.74) is 3.11. The average Bonchev–Trinajstić information content (AvgIpc) is 2.41. The van der Waals surface area contributed by atoms with Gasteiger partial charge in [0.05, 0.1) is 11.1 Å². The van der Waals surface area contributed by atoms with Gasteiger partial charge in [-0.2, -0.15) is 0 Å². The van der Waals surface area contributed by atoms with E-state index in [1.165, 1.54) is 6.07 Å². The first-order chi connectivity index (χ1) is 10.2. The molecule has 0 saturated heterocycles. The van der Waals surface area contributed by atoms with Crippen LogP contribution in [0.1, 0.15) is 53.4 Å².